The number of nitrogens with zero attached hydrogens (tertiary/aromatic N) is 1. The molecule has 1 heterocycles. The molecule has 0 saturated heterocycles. The molecule has 0 aromatic heterocycles. The van der Waals surface area contributed by atoms with E-state index in [-0.39, 0.29) is 10.6 Å². The topological polar surface area (TPSA) is 66.8 Å². The van der Waals surface area contributed by atoms with Crippen molar-refractivity contribution in [2.24, 2.45) is 0 Å². The third-order valence-electron chi connectivity index (χ3n) is 5.11. The lowest BCUT2D eigenvalue weighted by molar-refractivity contribution is 0.415. The van der Waals surface area contributed by atoms with Crippen LogP contribution in [0.25, 0.3) is 11.1 Å². The van der Waals surface area contributed by atoms with Crippen molar-refractivity contribution in [2.75, 3.05) is 18.0 Å². The molecule has 0 atom stereocenters. The number of ether oxygens (including phenoxy) is 1. The molecule has 4 rings (SSSR count). The number of rotatable bonds is 4. The van der Waals surface area contributed by atoms with Crippen LogP contribution < -0.4 is 9.04 Å². The standard InChI is InChI=1S/C22H21NO4S/c1-15-13-20(8-10-22(15)24)28(25,26)23-12-11-18-14-17(5-9-21(18)23)16-3-6-19(27-2)7-4-16/h3-10,13-14,24H,11-12H2,1-2H3. The van der Waals surface area contributed by atoms with Crippen LogP contribution in [0.4, 0.5) is 5.69 Å². The second kappa shape index (κ2) is 6.87. The minimum atomic E-state index is -3.67. The molecule has 0 aliphatic carbocycles. The Balaban J connectivity index is 1.68. The van der Waals surface area contributed by atoms with Crippen LogP contribution in [-0.2, 0) is 16.4 Å². The van der Waals surface area contributed by atoms with E-state index in [4.69, 9.17) is 4.74 Å². The van der Waals surface area contributed by atoms with Crippen LogP contribution in [0.3, 0.4) is 0 Å². The highest BCUT2D eigenvalue weighted by Crippen LogP contribution is 2.36. The number of hydrogen-bond donors (Lipinski definition) is 1. The van der Waals surface area contributed by atoms with Crippen molar-refractivity contribution in [3.63, 3.8) is 0 Å². The lowest BCUT2D eigenvalue weighted by Crippen LogP contribution is -2.29. The zero-order valence-corrected chi connectivity index (χ0v) is 16.5. The predicted octanol–water partition coefficient (Wildman–Crippen LogP) is 4.13. The smallest absolute Gasteiger partial charge is 0.264 e. The molecule has 28 heavy (non-hydrogen) atoms. The van der Waals surface area contributed by atoms with E-state index in [0.29, 0.717) is 24.2 Å². The first-order valence-electron chi connectivity index (χ1n) is 9.00. The molecule has 1 aliphatic rings. The van der Waals surface area contributed by atoms with E-state index in [1.165, 1.54) is 22.5 Å². The fourth-order valence-electron chi connectivity index (χ4n) is 3.50. The van der Waals surface area contributed by atoms with Crippen molar-refractivity contribution in [1.29, 1.82) is 0 Å². The van der Waals surface area contributed by atoms with E-state index in [1.54, 1.807) is 14.0 Å². The normalized spacial score (nSPS) is 13.4. The molecule has 144 valence electrons. The Morgan fingerprint density at radius 2 is 1.68 bits per heavy atom. The largest absolute Gasteiger partial charge is 0.508 e. The van der Waals surface area contributed by atoms with E-state index in [9.17, 15) is 13.5 Å². The maximum absolute atomic E-state index is 13.1. The van der Waals surface area contributed by atoms with Gasteiger partial charge in [0.25, 0.3) is 10.0 Å². The van der Waals surface area contributed by atoms with Gasteiger partial charge in [0.2, 0.25) is 0 Å². The van der Waals surface area contributed by atoms with Crippen molar-refractivity contribution in [3.05, 3.63) is 71.8 Å². The first-order valence-corrected chi connectivity index (χ1v) is 10.4. The molecular formula is C22H21NO4S. The maximum atomic E-state index is 13.1. The monoisotopic (exact) mass is 395 g/mol. The Hall–Kier alpha value is -2.99. The van der Waals surface area contributed by atoms with E-state index < -0.39 is 10.0 Å². The number of sulfonamides is 1. The van der Waals surface area contributed by atoms with Crippen molar-refractivity contribution < 1.29 is 18.3 Å². The summed E-state index contributed by atoms with van der Waals surface area (Å²) in [5.74, 6) is 0.885. The van der Waals surface area contributed by atoms with Crippen LogP contribution in [0.15, 0.2) is 65.6 Å². The summed E-state index contributed by atoms with van der Waals surface area (Å²) in [6.45, 7) is 2.09. The van der Waals surface area contributed by atoms with Crippen molar-refractivity contribution in [2.45, 2.75) is 18.2 Å². The lowest BCUT2D eigenvalue weighted by atomic mass is 10.0. The van der Waals surface area contributed by atoms with Gasteiger partial charge >= 0.3 is 0 Å². The predicted molar refractivity (Wildman–Crippen MR) is 110 cm³/mol. The Kier molecular flexibility index (Phi) is 4.51. The van der Waals surface area contributed by atoms with Gasteiger partial charge in [-0.3, -0.25) is 4.31 Å². The van der Waals surface area contributed by atoms with Gasteiger partial charge in [-0.2, -0.15) is 0 Å². The molecule has 1 aliphatic heterocycles. The number of methoxy groups -OCH3 is 1. The minimum absolute atomic E-state index is 0.0879. The minimum Gasteiger partial charge on any atom is -0.508 e. The van der Waals surface area contributed by atoms with Gasteiger partial charge in [0.15, 0.2) is 0 Å². The second-order valence-corrected chi connectivity index (χ2v) is 8.71. The molecule has 0 unspecified atom stereocenters. The summed E-state index contributed by atoms with van der Waals surface area (Å²) in [5, 5.41) is 9.69. The molecule has 0 bridgehead atoms. The first-order chi connectivity index (χ1) is 13.4. The summed E-state index contributed by atoms with van der Waals surface area (Å²) in [5.41, 5.74) is 4.35. The molecule has 0 radical (unpaired) electrons. The average Bonchev–Trinajstić information content (AvgIpc) is 3.14. The Morgan fingerprint density at radius 1 is 0.964 bits per heavy atom. The highest BCUT2D eigenvalue weighted by molar-refractivity contribution is 7.92. The summed E-state index contributed by atoms with van der Waals surface area (Å²) < 4.78 is 32.9. The zero-order chi connectivity index (χ0) is 19.9. The molecule has 0 saturated carbocycles. The average molecular weight is 395 g/mol. The van der Waals surface area contributed by atoms with Gasteiger partial charge in [0, 0.05) is 6.54 Å². The SMILES string of the molecule is COc1ccc(-c2ccc3c(c2)CCN3S(=O)(=O)c2ccc(O)c(C)c2)cc1. The van der Waals surface area contributed by atoms with Crippen LogP contribution in [-0.4, -0.2) is 27.2 Å². The van der Waals surface area contributed by atoms with E-state index in [2.05, 4.69) is 6.07 Å². The highest BCUT2D eigenvalue weighted by atomic mass is 32.2. The van der Waals surface area contributed by atoms with Gasteiger partial charge in [-0.25, -0.2) is 8.42 Å². The summed E-state index contributed by atoms with van der Waals surface area (Å²) in [4.78, 5) is 0.190. The zero-order valence-electron chi connectivity index (χ0n) is 15.7. The van der Waals surface area contributed by atoms with Crippen molar-refractivity contribution >= 4 is 15.7 Å². The highest BCUT2D eigenvalue weighted by Gasteiger charge is 2.31. The molecular weight excluding hydrogens is 374 g/mol. The molecule has 5 nitrogen and oxygen atoms in total. The molecule has 0 amide bonds. The Bertz CT molecular complexity index is 1140. The van der Waals surface area contributed by atoms with E-state index in [1.807, 2.05) is 36.4 Å². The van der Waals surface area contributed by atoms with Crippen molar-refractivity contribution in [3.8, 4) is 22.6 Å². The summed E-state index contributed by atoms with van der Waals surface area (Å²) >= 11 is 0. The first kappa shape index (κ1) is 18.4. The molecule has 3 aromatic rings. The third kappa shape index (κ3) is 3.10. The van der Waals surface area contributed by atoms with Crippen LogP contribution >= 0.6 is 0 Å². The van der Waals surface area contributed by atoms with Gasteiger partial charge in [0.05, 0.1) is 17.7 Å². The van der Waals surface area contributed by atoms with Gasteiger partial charge < -0.3 is 9.84 Å². The number of phenolic OH excluding ortho intramolecular Hbond substituents is 1. The fraction of sp³-hybridized carbons (Fsp3) is 0.182. The van der Waals surface area contributed by atoms with Gasteiger partial charge in [0.1, 0.15) is 11.5 Å². The summed E-state index contributed by atoms with van der Waals surface area (Å²) in [6.07, 6.45) is 0.662. The lowest BCUT2D eigenvalue weighted by Gasteiger charge is -2.20. The number of anilines is 1. The van der Waals surface area contributed by atoms with Gasteiger partial charge in [-0.1, -0.05) is 18.2 Å². The van der Waals surface area contributed by atoms with Crippen LogP contribution in [0.2, 0.25) is 0 Å². The number of hydrogen-bond acceptors (Lipinski definition) is 4. The number of aryl methyl sites for hydroxylation is 1. The van der Waals surface area contributed by atoms with E-state index in [0.717, 1.165) is 22.4 Å². The fourth-order valence-corrected chi connectivity index (χ4v) is 5.09. The van der Waals surface area contributed by atoms with Gasteiger partial charge in [-0.15, -0.1) is 0 Å². The molecule has 6 heteroatoms. The molecule has 1 N–H and O–H groups in total. The van der Waals surface area contributed by atoms with Crippen LogP contribution in [0.1, 0.15) is 11.1 Å². The number of fused-ring (bicyclic) bond motifs is 1. The molecule has 3 aromatic carbocycles. The summed E-state index contributed by atoms with van der Waals surface area (Å²) in [6, 6.07) is 18.0. The van der Waals surface area contributed by atoms with Crippen LogP contribution in [0, 0.1) is 6.92 Å². The number of benzene rings is 3. The quantitative estimate of drug-likeness (QED) is 0.721. The van der Waals surface area contributed by atoms with Crippen LogP contribution in [0.5, 0.6) is 11.5 Å². The second-order valence-electron chi connectivity index (χ2n) is 6.85. The molecule has 0 fully saturated rings. The van der Waals surface area contributed by atoms with E-state index >= 15 is 0 Å². The summed E-state index contributed by atoms with van der Waals surface area (Å²) in [7, 11) is -2.04. The number of aromatic hydroxyl groups is 1. The third-order valence-corrected chi connectivity index (χ3v) is 6.92. The van der Waals surface area contributed by atoms with Gasteiger partial charge in [-0.05, 0) is 78.1 Å². The maximum Gasteiger partial charge on any atom is 0.264 e. The Labute approximate surface area is 164 Å². The number of phenols is 1. The van der Waals surface area contributed by atoms with Crippen molar-refractivity contribution in [1.82, 2.24) is 0 Å². The Morgan fingerprint density at radius 3 is 2.36 bits per heavy atom. The molecule has 0 spiro atoms.